The molecule has 1 heteroatoms. The van der Waals surface area contributed by atoms with Crippen molar-refractivity contribution < 1.29 is 0 Å². The highest BCUT2D eigenvalue weighted by atomic mass is 15.1. The first-order chi connectivity index (χ1) is 9.50. The molecule has 0 amide bonds. The molecule has 0 aromatic heterocycles. The molecule has 2 aromatic rings. The summed E-state index contributed by atoms with van der Waals surface area (Å²) in [6.07, 6.45) is 1.11. The Morgan fingerprint density at radius 2 is 1.20 bits per heavy atom. The van der Waals surface area contributed by atoms with Crippen LogP contribution < -0.4 is 0 Å². The zero-order valence-corrected chi connectivity index (χ0v) is 13.0. The second kappa shape index (κ2) is 6.23. The van der Waals surface area contributed by atoms with E-state index in [0.29, 0.717) is 5.92 Å². The fraction of sp³-hybridized carbons (Fsp3) is 0.368. The highest BCUT2D eigenvalue weighted by Crippen LogP contribution is 2.34. The van der Waals surface area contributed by atoms with Gasteiger partial charge < -0.3 is 4.90 Å². The van der Waals surface area contributed by atoms with Crippen molar-refractivity contribution in [1.82, 2.24) is 4.90 Å². The van der Waals surface area contributed by atoms with Gasteiger partial charge in [0, 0.05) is 11.5 Å². The van der Waals surface area contributed by atoms with Crippen molar-refractivity contribution in [2.45, 2.75) is 31.7 Å². The van der Waals surface area contributed by atoms with E-state index in [1.54, 1.807) is 0 Å². The van der Waals surface area contributed by atoms with Crippen LogP contribution in [0.5, 0.6) is 0 Å². The maximum atomic E-state index is 2.31. The molecule has 0 atom stereocenters. The number of hydrogen-bond donors (Lipinski definition) is 0. The third kappa shape index (κ3) is 3.49. The molecule has 0 radical (unpaired) electrons. The molecule has 2 aromatic carbocycles. The number of nitrogens with zero attached hydrogens (tertiary/aromatic N) is 1. The largest absolute Gasteiger partial charge is 0.304 e. The predicted octanol–water partition coefficient (Wildman–Crippen LogP) is 4.55. The van der Waals surface area contributed by atoms with E-state index >= 15 is 0 Å². The number of rotatable bonds is 5. The van der Waals surface area contributed by atoms with Crippen LogP contribution in [0, 0.1) is 0 Å². The summed E-state index contributed by atoms with van der Waals surface area (Å²) in [5.41, 5.74) is 2.96. The Kier molecular flexibility index (Phi) is 4.61. The zero-order chi connectivity index (χ0) is 14.6. The van der Waals surface area contributed by atoms with E-state index in [-0.39, 0.29) is 5.54 Å². The first-order valence-corrected chi connectivity index (χ1v) is 7.28. The molecular formula is C19H25N. The van der Waals surface area contributed by atoms with Gasteiger partial charge in [-0.25, -0.2) is 0 Å². The van der Waals surface area contributed by atoms with E-state index in [9.17, 15) is 0 Å². The van der Waals surface area contributed by atoms with Gasteiger partial charge in [0.05, 0.1) is 0 Å². The highest BCUT2D eigenvalue weighted by Gasteiger charge is 2.27. The molecule has 0 aliphatic carbocycles. The van der Waals surface area contributed by atoms with Crippen molar-refractivity contribution in [2.24, 2.45) is 0 Å². The molecule has 0 fully saturated rings. The van der Waals surface area contributed by atoms with Crippen molar-refractivity contribution >= 4 is 0 Å². The standard InChI is InChI=1S/C19H25N/c1-19(2,20(3)4)15-18(16-11-7-5-8-12-16)17-13-9-6-10-14-17/h5-14,18H,15H2,1-4H3. The van der Waals surface area contributed by atoms with Gasteiger partial charge in [0.15, 0.2) is 0 Å². The summed E-state index contributed by atoms with van der Waals surface area (Å²) in [5.74, 6) is 0.440. The van der Waals surface area contributed by atoms with Gasteiger partial charge in [-0.3, -0.25) is 0 Å². The van der Waals surface area contributed by atoms with Gasteiger partial charge in [-0.1, -0.05) is 60.7 Å². The van der Waals surface area contributed by atoms with Crippen LogP contribution in [0.25, 0.3) is 0 Å². The van der Waals surface area contributed by atoms with Crippen LogP contribution in [-0.4, -0.2) is 24.5 Å². The van der Waals surface area contributed by atoms with Crippen molar-refractivity contribution in [3.8, 4) is 0 Å². The molecule has 20 heavy (non-hydrogen) atoms. The van der Waals surface area contributed by atoms with Crippen molar-refractivity contribution in [3.05, 3.63) is 71.8 Å². The van der Waals surface area contributed by atoms with Crippen LogP contribution in [0.3, 0.4) is 0 Å². The average molecular weight is 267 g/mol. The van der Waals surface area contributed by atoms with Gasteiger partial charge in [0.25, 0.3) is 0 Å². The average Bonchev–Trinajstić information content (AvgIpc) is 2.46. The van der Waals surface area contributed by atoms with E-state index in [2.05, 4.69) is 93.5 Å². The van der Waals surface area contributed by atoms with E-state index in [4.69, 9.17) is 0 Å². The molecule has 0 saturated carbocycles. The molecular weight excluding hydrogens is 242 g/mol. The maximum Gasteiger partial charge on any atom is 0.0156 e. The van der Waals surface area contributed by atoms with Crippen LogP contribution in [0.4, 0.5) is 0 Å². The lowest BCUT2D eigenvalue weighted by Crippen LogP contribution is -2.39. The second-order valence-corrected chi connectivity index (χ2v) is 6.28. The predicted molar refractivity (Wildman–Crippen MR) is 87.1 cm³/mol. The molecule has 0 spiro atoms. The lowest BCUT2D eigenvalue weighted by atomic mass is 9.81. The van der Waals surface area contributed by atoms with Crippen LogP contribution in [0.2, 0.25) is 0 Å². The maximum absolute atomic E-state index is 2.31. The van der Waals surface area contributed by atoms with Gasteiger partial charge in [0.2, 0.25) is 0 Å². The van der Waals surface area contributed by atoms with E-state index in [1.807, 2.05) is 0 Å². The van der Waals surface area contributed by atoms with Gasteiger partial charge in [-0.15, -0.1) is 0 Å². The normalized spacial score (nSPS) is 12.1. The smallest absolute Gasteiger partial charge is 0.0156 e. The lowest BCUT2D eigenvalue weighted by molar-refractivity contribution is 0.176. The Labute approximate surface area is 123 Å². The molecule has 0 aliphatic rings. The van der Waals surface area contributed by atoms with Gasteiger partial charge in [-0.2, -0.15) is 0 Å². The third-order valence-electron chi connectivity index (χ3n) is 4.32. The van der Waals surface area contributed by atoms with Crippen LogP contribution in [0.15, 0.2) is 60.7 Å². The quantitative estimate of drug-likeness (QED) is 0.768. The molecule has 0 bridgehead atoms. The first kappa shape index (κ1) is 14.8. The monoisotopic (exact) mass is 267 g/mol. The minimum atomic E-state index is 0.163. The Morgan fingerprint density at radius 3 is 1.55 bits per heavy atom. The highest BCUT2D eigenvalue weighted by molar-refractivity contribution is 5.32. The fourth-order valence-electron chi connectivity index (χ4n) is 2.48. The Balaban J connectivity index is 2.36. The molecule has 0 aliphatic heterocycles. The van der Waals surface area contributed by atoms with Crippen molar-refractivity contribution in [1.29, 1.82) is 0 Å². The minimum Gasteiger partial charge on any atom is -0.304 e. The molecule has 2 rings (SSSR count). The fourth-order valence-corrected chi connectivity index (χ4v) is 2.48. The zero-order valence-electron chi connectivity index (χ0n) is 13.0. The number of hydrogen-bond acceptors (Lipinski definition) is 1. The summed E-state index contributed by atoms with van der Waals surface area (Å²) in [4.78, 5) is 2.31. The molecule has 0 heterocycles. The second-order valence-electron chi connectivity index (χ2n) is 6.28. The molecule has 0 saturated heterocycles. The summed E-state index contributed by atoms with van der Waals surface area (Å²) in [6.45, 7) is 4.62. The Morgan fingerprint density at radius 1 is 0.800 bits per heavy atom. The molecule has 1 nitrogen and oxygen atoms in total. The summed E-state index contributed by atoms with van der Waals surface area (Å²) in [5, 5.41) is 0. The van der Waals surface area contributed by atoms with Crippen LogP contribution in [0.1, 0.15) is 37.3 Å². The van der Waals surface area contributed by atoms with Crippen molar-refractivity contribution in [2.75, 3.05) is 14.1 Å². The summed E-state index contributed by atoms with van der Waals surface area (Å²) in [6, 6.07) is 21.7. The van der Waals surface area contributed by atoms with E-state index in [1.165, 1.54) is 11.1 Å². The molecule has 0 N–H and O–H groups in total. The minimum absolute atomic E-state index is 0.163. The van der Waals surface area contributed by atoms with Gasteiger partial charge >= 0.3 is 0 Å². The number of benzene rings is 2. The van der Waals surface area contributed by atoms with Crippen LogP contribution in [-0.2, 0) is 0 Å². The molecule has 0 unspecified atom stereocenters. The lowest BCUT2D eigenvalue weighted by Gasteiger charge is -2.36. The van der Waals surface area contributed by atoms with Gasteiger partial charge in [-0.05, 0) is 45.5 Å². The van der Waals surface area contributed by atoms with Crippen molar-refractivity contribution in [3.63, 3.8) is 0 Å². The SMILES string of the molecule is CN(C)C(C)(C)CC(c1ccccc1)c1ccccc1. The summed E-state index contributed by atoms with van der Waals surface area (Å²) < 4.78 is 0. The molecule has 106 valence electrons. The Bertz CT molecular complexity index is 474. The topological polar surface area (TPSA) is 3.24 Å². The summed E-state index contributed by atoms with van der Waals surface area (Å²) in [7, 11) is 4.32. The third-order valence-corrected chi connectivity index (χ3v) is 4.32. The first-order valence-electron chi connectivity index (χ1n) is 7.28. The van der Waals surface area contributed by atoms with E-state index < -0.39 is 0 Å². The Hall–Kier alpha value is -1.60. The summed E-state index contributed by atoms with van der Waals surface area (Å²) >= 11 is 0. The van der Waals surface area contributed by atoms with Crippen LogP contribution >= 0.6 is 0 Å². The van der Waals surface area contributed by atoms with Gasteiger partial charge in [0.1, 0.15) is 0 Å². The van der Waals surface area contributed by atoms with E-state index in [0.717, 1.165) is 6.42 Å².